The molecule has 174 valence electrons. The van der Waals surface area contributed by atoms with Gasteiger partial charge in [-0.3, -0.25) is 9.71 Å². The predicted molar refractivity (Wildman–Crippen MR) is 125 cm³/mol. The second kappa shape index (κ2) is 9.71. The maximum atomic E-state index is 13.7. The lowest BCUT2D eigenvalue weighted by molar-refractivity contribution is 0.348. The second-order valence-corrected chi connectivity index (χ2v) is 7.66. The van der Waals surface area contributed by atoms with E-state index in [2.05, 4.69) is 19.9 Å². The van der Waals surface area contributed by atoms with Gasteiger partial charge in [0.05, 0.1) is 33.3 Å². The molecule has 0 saturated heterocycles. The molecular weight excluding hydrogens is 458 g/mol. The van der Waals surface area contributed by atoms with Crippen LogP contribution in [0.25, 0.3) is 11.4 Å². The average molecular weight is 494 g/mol. The smallest absolute Gasteiger partial charge is 0.280 e. The van der Waals surface area contributed by atoms with Gasteiger partial charge in [-0.15, -0.1) is 0 Å². The average Bonchev–Trinajstić information content (AvgIpc) is 2.99. The van der Waals surface area contributed by atoms with E-state index in [0.717, 1.165) is 7.11 Å². The predicted octanol–water partition coefficient (Wildman–Crippen LogP) is 3.85. The molecule has 0 unspecified atom stereocenters. The molecule has 11 heteroatoms. The first-order valence-corrected chi connectivity index (χ1v) is 10.4. The van der Waals surface area contributed by atoms with Crippen molar-refractivity contribution in [1.29, 1.82) is 0 Å². The third kappa shape index (κ3) is 4.89. The van der Waals surface area contributed by atoms with Crippen LogP contribution >= 0.6 is 0 Å². The number of aromatic nitrogens is 4. The molecule has 0 atom stereocenters. The monoisotopic (exact) mass is 493 g/mol. The zero-order valence-electron chi connectivity index (χ0n) is 31.2. The Hall–Kier alpha value is -4.25. The molecule has 10 nitrogen and oxygen atoms in total. The summed E-state index contributed by atoms with van der Waals surface area (Å²) in [5, 5.41) is -1.17. The summed E-state index contributed by atoms with van der Waals surface area (Å²) in [6.07, 6.45) is -2.36. The lowest BCUT2D eigenvalue weighted by atomic mass is 10.2. The fraction of sp³-hybridized carbons (Fsp3) is 0.130. The van der Waals surface area contributed by atoms with Crippen molar-refractivity contribution >= 4 is 15.8 Å². The minimum absolute atomic E-state index is 0.132. The topological polar surface area (TPSA) is 125 Å². The van der Waals surface area contributed by atoms with Crippen LogP contribution in [0.4, 0.5) is 5.82 Å². The van der Waals surface area contributed by atoms with E-state index in [1.165, 1.54) is 6.92 Å². The van der Waals surface area contributed by atoms with Crippen LogP contribution < -0.4 is 18.9 Å². The molecule has 4 rings (SSSR count). The van der Waals surface area contributed by atoms with Gasteiger partial charge in [0, 0.05) is 24.1 Å². The van der Waals surface area contributed by atoms with Crippen molar-refractivity contribution in [3.05, 3.63) is 72.4 Å². The zero-order chi connectivity index (χ0) is 36.2. The number of ether oxygens (including phenoxy) is 3. The molecule has 0 aliphatic rings. The summed E-state index contributed by atoms with van der Waals surface area (Å²) in [4.78, 5) is 14.8. The Morgan fingerprint density at radius 2 is 1.76 bits per heavy atom. The van der Waals surface area contributed by atoms with Crippen molar-refractivity contribution in [2.45, 2.75) is 11.9 Å². The van der Waals surface area contributed by atoms with E-state index in [9.17, 15) is 8.42 Å². The molecule has 0 saturated carbocycles. The van der Waals surface area contributed by atoms with Crippen molar-refractivity contribution < 1.29 is 41.8 Å². The minimum Gasteiger partial charge on any atom is -0.493 e. The number of para-hydroxylation sites is 2. The quantitative estimate of drug-likeness (QED) is 0.389. The van der Waals surface area contributed by atoms with Gasteiger partial charge in [-0.2, -0.15) is 13.4 Å². The molecule has 4 aromatic rings. The van der Waals surface area contributed by atoms with Crippen LogP contribution in [0.3, 0.4) is 0 Å². The highest BCUT2D eigenvalue weighted by Gasteiger charge is 2.25. The number of nitrogens with one attached hydrogen (secondary N) is 1. The largest absolute Gasteiger partial charge is 0.493 e. The normalized spacial score (nSPS) is 17.2. The van der Waals surface area contributed by atoms with Crippen LogP contribution in [0, 0.1) is 6.92 Å². The van der Waals surface area contributed by atoms with Crippen molar-refractivity contribution in [1.82, 2.24) is 19.9 Å². The molecule has 0 fully saturated rings. The van der Waals surface area contributed by atoms with Gasteiger partial charge in [0.25, 0.3) is 15.9 Å². The summed E-state index contributed by atoms with van der Waals surface area (Å²) in [6.45, 7) is 1.25. The Balaban J connectivity index is 2.14. The highest BCUT2D eigenvalue weighted by Crippen LogP contribution is 2.41. The molecule has 3 aromatic heterocycles. The highest BCUT2D eigenvalue weighted by molar-refractivity contribution is 7.92. The first-order valence-electron chi connectivity index (χ1n) is 16.0. The number of hydrogen-bond donors (Lipinski definition) is 1. The van der Waals surface area contributed by atoms with Crippen LogP contribution in [0.2, 0.25) is 0 Å². The molecule has 3 heterocycles. The van der Waals surface area contributed by atoms with Crippen molar-refractivity contribution in [2.24, 2.45) is 0 Å². The Morgan fingerprint density at radius 1 is 1.00 bits per heavy atom. The number of benzene rings is 1. The van der Waals surface area contributed by atoms with E-state index in [0.29, 0.717) is 0 Å². The maximum absolute atomic E-state index is 13.7. The summed E-state index contributed by atoms with van der Waals surface area (Å²) in [7, 11) is -7.56. The summed E-state index contributed by atoms with van der Waals surface area (Å²) in [5.74, 6) is -5.68. The number of hydrogen-bond acceptors (Lipinski definition) is 9. The molecule has 0 aliphatic heterocycles. The van der Waals surface area contributed by atoms with Gasteiger partial charge in [-0.05, 0) is 42.7 Å². The number of pyridine rings is 2. The molecule has 0 amide bonds. The summed E-state index contributed by atoms with van der Waals surface area (Å²) in [5.41, 5.74) is -0.842. The Bertz CT molecular complexity index is 2070. The van der Waals surface area contributed by atoms with E-state index in [1.807, 2.05) is 4.72 Å². The van der Waals surface area contributed by atoms with Gasteiger partial charge < -0.3 is 14.2 Å². The molecular formula is C23H21N5O5S. The van der Waals surface area contributed by atoms with Crippen molar-refractivity contribution in [3.8, 4) is 34.5 Å². The van der Waals surface area contributed by atoms with E-state index >= 15 is 0 Å². The van der Waals surface area contributed by atoms with Gasteiger partial charge in [-0.25, -0.2) is 9.97 Å². The van der Waals surface area contributed by atoms with Crippen LogP contribution in [-0.2, 0) is 10.0 Å². The first-order chi connectivity index (χ1) is 22.1. The lowest BCUT2D eigenvalue weighted by Gasteiger charge is -2.17. The standard InChI is InChI=1S/C23H21N5O5S/c1-15-8-9-19(25-14-15)34(29,30)28-22-20(33-18-7-5-4-6-17(18)31-2)23(32-3)27-21(26-22)16-10-12-24-13-11-16/h4-14H,1-3H3,(H,26,27,28)/i3D3,4D,5D,6D,7D,8D,9D,10D,11D,12D,13D,14D. The second-order valence-electron chi connectivity index (χ2n) is 6.07. The van der Waals surface area contributed by atoms with E-state index in [1.54, 1.807) is 0 Å². The van der Waals surface area contributed by atoms with Crippen molar-refractivity contribution in [2.75, 3.05) is 18.9 Å². The van der Waals surface area contributed by atoms with Crippen LogP contribution in [0.15, 0.2) is 71.9 Å². The number of methoxy groups -OCH3 is 2. The van der Waals surface area contributed by atoms with E-state index < -0.39 is 129 Å². The first kappa shape index (κ1) is 11.3. The number of nitrogens with zero attached hydrogens (tertiary/aromatic N) is 4. The fourth-order valence-corrected chi connectivity index (χ4v) is 3.20. The summed E-state index contributed by atoms with van der Waals surface area (Å²) in [6, 6.07) is -6.60. The molecule has 0 spiro atoms. The number of sulfonamides is 1. The van der Waals surface area contributed by atoms with E-state index in [-0.39, 0.29) is 5.56 Å². The molecule has 0 bridgehead atoms. The Morgan fingerprint density at radius 3 is 2.50 bits per heavy atom. The SMILES string of the molecule is [2H]c1nc([2H])c([2H])c(-c2nc(NS(=O)(=O)c3nc([2H])c(C)c([2H])c3[2H])c(Oc3c([2H])c([2H])c([2H])c([2H])c3OC)c(OC([2H])([2H])[2H])n2)c1[2H]. The molecule has 1 N–H and O–H groups in total. The summed E-state index contributed by atoms with van der Waals surface area (Å²) >= 11 is 0. The van der Waals surface area contributed by atoms with Gasteiger partial charge in [0.1, 0.15) is 0 Å². The van der Waals surface area contributed by atoms with Crippen LogP contribution in [0.1, 0.15) is 24.8 Å². The summed E-state index contributed by atoms with van der Waals surface area (Å²) < 4.78 is 157. The number of rotatable bonds is 8. The van der Waals surface area contributed by atoms with Gasteiger partial charge >= 0.3 is 0 Å². The van der Waals surface area contributed by atoms with Gasteiger partial charge in [-0.1, -0.05) is 18.1 Å². The third-order valence-corrected chi connectivity index (χ3v) is 4.99. The Labute approximate surface area is 216 Å². The fourth-order valence-electron chi connectivity index (χ4n) is 2.36. The zero-order valence-corrected chi connectivity index (χ0v) is 18.1. The third-order valence-electron chi connectivity index (χ3n) is 3.83. The molecule has 0 radical (unpaired) electrons. The van der Waals surface area contributed by atoms with Crippen LogP contribution in [-0.4, -0.2) is 42.5 Å². The molecule has 1 aromatic carbocycles. The minimum atomic E-state index is -5.18. The molecule has 0 aliphatic carbocycles. The Kier molecular flexibility index (Phi) is 3.21. The van der Waals surface area contributed by atoms with E-state index in [4.69, 9.17) is 33.4 Å². The maximum Gasteiger partial charge on any atom is 0.280 e. The molecule has 34 heavy (non-hydrogen) atoms. The van der Waals surface area contributed by atoms with Crippen LogP contribution in [0.5, 0.6) is 23.1 Å². The lowest BCUT2D eigenvalue weighted by Crippen LogP contribution is -2.17. The van der Waals surface area contributed by atoms with Gasteiger partial charge in [0.15, 0.2) is 28.2 Å². The van der Waals surface area contributed by atoms with Gasteiger partial charge in [0.2, 0.25) is 5.75 Å². The highest BCUT2D eigenvalue weighted by atomic mass is 32.2. The number of anilines is 1. The van der Waals surface area contributed by atoms with Crippen molar-refractivity contribution in [3.63, 3.8) is 0 Å².